The Morgan fingerprint density at radius 1 is 1.47 bits per heavy atom. The molecule has 1 fully saturated rings. The van der Waals surface area contributed by atoms with Gasteiger partial charge in [-0.25, -0.2) is 0 Å². The van der Waals surface area contributed by atoms with Crippen LogP contribution in [-0.2, 0) is 13.1 Å². The SMILES string of the molecule is COc1ccc(CN)cc1CN1CCC(C)C(O)C1. The molecule has 19 heavy (non-hydrogen) atoms. The Kier molecular flexibility index (Phi) is 4.80. The van der Waals surface area contributed by atoms with Crippen LogP contribution in [0.2, 0.25) is 0 Å². The van der Waals surface area contributed by atoms with Gasteiger partial charge in [0.05, 0.1) is 13.2 Å². The molecule has 4 heteroatoms. The van der Waals surface area contributed by atoms with Gasteiger partial charge in [0.1, 0.15) is 5.75 Å². The van der Waals surface area contributed by atoms with Crippen LogP contribution in [0.25, 0.3) is 0 Å². The van der Waals surface area contributed by atoms with Gasteiger partial charge in [0.25, 0.3) is 0 Å². The number of piperidine rings is 1. The van der Waals surface area contributed by atoms with Gasteiger partial charge in [-0.15, -0.1) is 0 Å². The maximum absolute atomic E-state index is 9.96. The van der Waals surface area contributed by atoms with Crippen LogP contribution in [0.15, 0.2) is 18.2 Å². The first kappa shape index (κ1) is 14.3. The molecule has 0 radical (unpaired) electrons. The van der Waals surface area contributed by atoms with Crippen LogP contribution in [0.1, 0.15) is 24.5 Å². The van der Waals surface area contributed by atoms with Crippen molar-refractivity contribution in [3.8, 4) is 5.75 Å². The summed E-state index contributed by atoms with van der Waals surface area (Å²) in [4.78, 5) is 2.28. The molecule has 0 spiro atoms. The summed E-state index contributed by atoms with van der Waals surface area (Å²) >= 11 is 0. The van der Waals surface area contributed by atoms with E-state index in [4.69, 9.17) is 10.5 Å². The minimum absolute atomic E-state index is 0.225. The lowest BCUT2D eigenvalue weighted by atomic mass is 9.95. The van der Waals surface area contributed by atoms with Crippen molar-refractivity contribution in [1.82, 2.24) is 4.90 Å². The van der Waals surface area contributed by atoms with E-state index in [0.29, 0.717) is 12.5 Å². The van der Waals surface area contributed by atoms with E-state index in [2.05, 4.69) is 17.9 Å². The maximum Gasteiger partial charge on any atom is 0.123 e. The minimum Gasteiger partial charge on any atom is -0.496 e. The van der Waals surface area contributed by atoms with E-state index < -0.39 is 0 Å². The fourth-order valence-corrected chi connectivity index (χ4v) is 2.58. The molecular formula is C15H24N2O2. The number of aliphatic hydroxyl groups is 1. The van der Waals surface area contributed by atoms with E-state index >= 15 is 0 Å². The number of benzene rings is 1. The normalized spacial score (nSPS) is 24.4. The second-order valence-corrected chi connectivity index (χ2v) is 5.42. The van der Waals surface area contributed by atoms with E-state index in [-0.39, 0.29) is 6.10 Å². The Labute approximate surface area is 115 Å². The van der Waals surface area contributed by atoms with E-state index in [0.717, 1.165) is 42.9 Å². The number of aliphatic hydroxyl groups excluding tert-OH is 1. The lowest BCUT2D eigenvalue weighted by molar-refractivity contribution is 0.0256. The molecule has 1 aliphatic rings. The van der Waals surface area contributed by atoms with Crippen molar-refractivity contribution in [2.24, 2.45) is 11.7 Å². The summed E-state index contributed by atoms with van der Waals surface area (Å²) in [6.07, 6.45) is 0.817. The Morgan fingerprint density at radius 3 is 2.89 bits per heavy atom. The summed E-state index contributed by atoms with van der Waals surface area (Å²) in [5.41, 5.74) is 7.95. The van der Waals surface area contributed by atoms with Crippen molar-refractivity contribution in [1.29, 1.82) is 0 Å². The van der Waals surface area contributed by atoms with Gasteiger partial charge >= 0.3 is 0 Å². The maximum atomic E-state index is 9.96. The third-order valence-electron chi connectivity index (χ3n) is 3.98. The molecular weight excluding hydrogens is 240 g/mol. The Morgan fingerprint density at radius 2 is 2.26 bits per heavy atom. The fourth-order valence-electron chi connectivity index (χ4n) is 2.58. The second kappa shape index (κ2) is 6.37. The lowest BCUT2D eigenvalue weighted by Crippen LogP contribution is -2.42. The number of nitrogens with two attached hydrogens (primary N) is 1. The molecule has 0 bridgehead atoms. The third kappa shape index (κ3) is 3.47. The molecule has 1 heterocycles. The monoisotopic (exact) mass is 264 g/mol. The lowest BCUT2D eigenvalue weighted by Gasteiger charge is -2.34. The highest BCUT2D eigenvalue weighted by Crippen LogP contribution is 2.24. The topological polar surface area (TPSA) is 58.7 Å². The molecule has 2 atom stereocenters. The first-order valence-corrected chi connectivity index (χ1v) is 6.90. The van der Waals surface area contributed by atoms with E-state index in [1.54, 1.807) is 7.11 Å². The molecule has 0 aromatic heterocycles. The summed E-state index contributed by atoms with van der Waals surface area (Å²) in [6.45, 7) is 5.21. The molecule has 0 saturated carbocycles. The van der Waals surface area contributed by atoms with Crippen molar-refractivity contribution in [2.45, 2.75) is 32.5 Å². The highest BCUT2D eigenvalue weighted by molar-refractivity contribution is 5.37. The smallest absolute Gasteiger partial charge is 0.123 e. The van der Waals surface area contributed by atoms with E-state index in [9.17, 15) is 5.11 Å². The van der Waals surface area contributed by atoms with E-state index in [1.807, 2.05) is 12.1 Å². The van der Waals surface area contributed by atoms with Gasteiger partial charge in [0.15, 0.2) is 0 Å². The predicted octanol–water partition coefficient (Wildman–Crippen LogP) is 1.36. The molecule has 2 rings (SSSR count). The van der Waals surface area contributed by atoms with Crippen LogP contribution in [0, 0.1) is 5.92 Å². The number of rotatable bonds is 4. The standard InChI is InChI=1S/C15H24N2O2/c1-11-5-6-17(10-14(11)18)9-13-7-12(8-16)3-4-15(13)19-2/h3-4,7,11,14,18H,5-6,8-10,16H2,1-2H3. The summed E-state index contributed by atoms with van der Waals surface area (Å²) in [6, 6.07) is 6.07. The highest BCUT2D eigenvalue weighted by Gasteiger charge is 2.24. The number of methoxy groups -OCH3 is 1. The molecule has 0 aliphatic carbocycles. The zero-order valence-electron chi connectivity index (χ0n) is 11.8. The van der Waals surface area contributed by atoms with Crippen LogP contribution in [-0.4, -0.2) is 36.3 Å². The number of β-amino-alcohol motifs (C(OH)–C–C–N with tert-alkyl or cyclic N) is 1. The molecule has 2 unspecified atom stereocenters. The number of ether oxygens (including phenoxy) is 1. The fraction of sp³-hybridized carbons (Fsp3) is 0.600. The number of hydrogen-bond acceptors (Lipinski definition) is 4. The average Bonchev–Trinajstić information content (AvgIpc) is 2.43. The van der Waals surface area contributed by atoms with Gasteiger partial charge in [-0.3, -0.25) is 4.90 Å². The summed E-state index contributed by atoms with van der Waals surface area (Å²) in [5, 5.41) is 9.96. The largest absolute Gasteiger partial charge is 0.496 e. The molecule has 1 aromatic rings. The number of nitrogens with zero attached hydrogens (tertiary/aromatic N) is 1. The quantitative estimate of drug-likeness (QED) is 0.862. The van der Waals surface area contributed by atoms with Gasteiger partial charge in [-0.1, -0.05) is 13.0 Å². The third-order valence-corrected chi connectivity index (χ3v) is 3.98. The molecule has 4 nitrogen and oxygen atoms in total. The average molecular weight is 264 g/mol. The molecule has 3 N–H and O–H groups in total. The minimum atomic E-state index is -0.225. The summed E-state index contributed by atoms with van der Waals surface area (Å²) < 4.78 is 5.40. The van der Waals surface area contributed by atoms with Crippen molar-refractivity contribution in [2.75, 3.05) is 20.2 Å². The number of likely N-dealkylation sites (tertiary alicyclic amines) is 1. The summed E-state index contributed by atoms with van der Waals surface area (Å²) in [5.74, 6) is 1.29. The van der Waals surface area contributed by atoms with Crippen LogP contribution < -0.4 is 10.5 Å². The van der Waals surface area contributed by atoms with Crippen LogP contribution in [0.3, 0.4) is 0 Å². The van der Waals surface area contributed by atoms with Gasteiger partial charge in [-0.05, 0) is 36.6 Å². The van der Waals surface area contributed by atoms with Crippen molar-refractivity contribution in [3.05, 3.63) is 29.3 Å². The van der Waals surface area contributed by atoms with Gasteiger partial charge in [-0.2, -0.15) is 0 Å². The number of hydrogen-bond donors (Lipinski definition) is 2. The molecule has 0 amide bonds. The zero-order valence-corrected chi connectivity index (χ0v) is 11.8. The Hall–Kier alpha value is -1.10. The van der Waals surface area contributed by atoms with Crippen molar-refractivity contribution >= 4 is 0 Å². The molecule has 106 valence electrons. The second-order valence-electron chi connectivity index (χ2n) is 5.42. The van der Waals surface area contributed by atoms with Crippen LogP contribution in [0.4, 0.5) is 0 Å². The summed E-state index contributed by atoms with van der Waals surface area (Å²) in [7, 11) is 1.69. The molecule has 1 aromatic carbocycles. The Bertz CT molecular complexity index is 423. The molecule has 1 saturated heterocycles. The first-order valence-electron chi connectivity index (χ1n) is 6.90. The first-order chi connectivity index (χ1) is 9.13. The zero-order chi connectivity index (χ0) is 13.8. The predicted molar refractivity (Wildman–Crippen MR) is 76.0 cm³/mol. The highest BCUT2D eigenvalue weighted by atomic mass is 16.5. The van der Waals surface area contributed by atoms with Gasteiger partial charge < -0.3 is 15.6 Å². The van der Waals surface area contributed by atoms with Crippen LogP contribution in [0.5, 0.6) is 5.75 Å². The van der Waals surface area contributed by atoms with Gasteiger partial charge in [0, 0.05) is 25.2 Å². The Balaban J connectivity index is 2.09. The van der Waals surface area contributed by atoms with Crippen LogP contribution >= 0.6 is 0 Å². The van der Waals surface area contributed by atoms with Gasteiger partial charge in [0.2, 0.25) is 0 Å². The van der Waals surface area contributed by atoms with E-state index in [1.165, 1.54) is 0 Å². The van der Waals surface area contributed by atoms with Crippen molar-refractivity contribution < 1.29 is 9.84 Å². The molecule has 1 aliphatic heterocycles. The van der Waals surface area contributed by atoms with Crippen molar-refractivity contribution in [3.63, 3.8) is 0 Å².